The fraction of sp³-hybridized carbons (Fsp3) is 0.400. The van der Waals surface area contributed by atoms with Crippen molar-refractivity contribution in [1.29, 1.82) is 0 Å². The normalized spacial score (nSPS) is 14.6. The second-order valence-corrected chi connectivity index (χ2v) is 7.47. The molecule has 1 saturated heterocycles. The van der Waals surface area contributed by atoms with Crippen LogP contribution in [0.4, 0.5) is 11.6 Å². The Morgan fingerprint density at radius 2 is 1.82 bits per heavy atom. The zero-order chi connectivity index (χ0) is 19.7. The van der Waals surface area contributed by atoms with E-state index in [4.69, 9.17) is 5.73 Å². The molecule has 1 amide bonds. The number of anilines is 2. The summed E-state index contributed by atoms with van der Waals surface area (Å²) in [6, 6.07) is 2.12. The summed E-state index contributed by atoms with van der Waals surface area (Å²) in [5, 5.41) is 7.65. The minimum absolute atomic E-state index is 0.148. The van der Waals surface area contributed by atoms with Crippen LogP contribution in [0.5, 0.6) is 0 Å². The molecule has 0 radical (unpaired) electrons. The first-order valence-electron chi connectivity index (χ1n) is 9.68. The van der Waals surface area contributed by atoms with Crippen LogP contribution >= 0.6 is 0 Å². The molecule has 0 spiro atoms. The zero-order valence-corrected chi connectivity index (χ0v) is 16.2. The Balaban J connectivity index is 1.70. The molecule has 0 aliphatic carbocycles. The Hall–Kier alpha value is -3.16. The first-order valence-corrected chi connectivity index (χ1v) is 9.68. The monoisotopic (exact) mass is 379 g/mol. The smallest absolute Gasteiger partial charge is 0.252 e. The number of aromatic nitrogens is 4. The summed E-state index contributed by atoms with van der Waals surface area (Å²) < 4.78 is 1.74. The SMILES string of the molecule is CC(C)Nc1c(C(N)=O)cnn2cc(-c3cnc(N4CCCCC4)nc3)cc12. The van der Waals surface area contributed by atoms with E-state index in [1.54, 1.807) is 4.52 Å². The lowest BCUT2D eigenvalue weighted by atomic mass is 10.1. The third kappa shape index (κ3) is 3.49. The maximum Gasteiger partial charge on any atom is 0.252 e. The largest absolute Gasteiger partial charge is 0.380 e. The number of piperidine rings is 1. The van der Waals surface area contributed by atoms with Crippen LogP contribution in [0, 0.1) is 0 Å². The Morgan fingerprint density at radius 1 is 1.11 bits per heavy atom. The van der Waals surface area contributed by atoms with Gasteiger partial charge < -0.3 is 16.0 Å². The van der Waals surface area contributed by atoms with Gasteiger partial charge in [-0.05, 0) is 39.2 Å². The first-order chi connectivity index (χ1) is 13.5. The van der Waals surface area contributed by atoms with Gasteiger partial charge in [0.25, 0.3) is 5.91 Å². The van der Waals surface area contributed by atoms with Crippen molar-refractivity contribution in [2.24, 2.45) is 5.73 Å². The van der Waals surface area contributed by atoms with E-state index in [0.717, 1.165) is 35.7 Å². The van der Waals surface area contributed by atoms with Crippen molar-refractivity contribution in [3.8, 4) is 11.1 Å². The topological polar surface area (TPSA) is 101 Å². The van der Waals surface area contributed by atoms with Crippen LogP contribution in [0.1, 0.15) is 43.5 Å². The number of fused-ring (bicyclic) bond motifs is 1. The summed E-state index contributed by atoms with van der Waals surface area (Å²) in [5.74, 6) is 0.277. The summed E-state index contributed by atoms with van der Waals surface area (Å²) in [6.07, 6.45) is 10.8. The van der Waals surface area contributed by atoms with Crippen LogP contribution in [-0.2, 0) is 0 Å². The Morgan fingerprint density at radius 3 is 2.46 bits per heavy atom. The standard InChI is InChI=1S/C20H25N7O/c1-13(2)25-18-16(19(21)28)11-24-27-12-14(8-17(18)27)15-9-22-20(23-10-15)26-6-4-3-5-7-26/h8-13,25H,3-7H2,1-2H3,(H2,21,28). The van der Waals surface area contributed by atoms with Crippen molar-refractivity contribution in [3.63, 3.8) is 0 Å². The van der Waals surface area contributed by atoms with Crippen LogP contribution in [0.2, 0.25) is 0 Å². The maximum absolute atomic E-state index is 11.8. The lowest BCUT2D eigenvalue weighted by Gasteiger charge is -2.26. The molecule has 3 aromatic rings. The Kier molecular flexibility index (Phi) is 4.85. The number of nitrogens with one attached hydrogen (secondary N) is 1. The minimum atomic E-state index is -0.505. The number of hydrogen-bond acceptors (Lipinski definition) is 6. The van der Waals surface area contributed by atoms with Crippen molar-refractivity contribution in [1.82, 2.24) is 19.6 Å². The third-order valence-electron chi connectivity index (χ3n) is 4.95. The fourth-order valence-electron chi connectivity index (χ4n) is 3.57. The number of nitrogens with two attached hydrogens (primary N) is 1. The van der Waals surface area contributed by atoms with Gasteiger partial charge >= 0.3 is 0 Å². The zero-order valence-electron chi connectivity index (χ0n) is 16.2. The van der Waals surface area contributed by atoms with Gasteiger partial charge in [0, 0.05) is 48.8 Å². The summed E-state index contributed by atoms with van der Waals surface area (Å²) in [4.78, 5) is 23.2. The van der Waals surface area contributed by atoms with Gasteiger partial charge in [-0.25, -0.2) is 14.5 Å². The maximum atomic E-state index is 11.8. The van der Waals surface area contributed by atoms with E-state index in [9.17, 15) is 4.79 Å². The predicted molar refractivity (Wildman–Crippen MR) is 110 cm³/mol. The van der Waals surface area contributed by atoms with Gasteiger partial charge in [0.05, 0.1) is 23.0 Å². The molecule has 1 aliphatic rings. The van der Waals surface area contributed by atoms with Gasteiger partial charge in [-0.1, -0.05) is 0 Å². The third-order valence-corrected chi connectivity index (χ3v) is 4.95. The molecular weight excluding hydrogens is 354 g/mol. The molecule has 3 N–H and O–H groups in total. The van der Waals surface area contributed by atoms with E-state index in [-0.39, 0.29) is 6.04 Å². The summed E-state index contributed by atoms with van der Waals surface area (Å²) >= 11 is 0. The van der Waals surface area contributed by atoms with Crippen LogP contribution in [0.15, 0.2) is 30.9 Å². The number of amides is 1. The van der Waals surface area contributed by atoms with Gasteiger partial charge in [0.15, 0.2) is 0 Å². The van der Waals surface area contributed by atoms with E-state index in [1.165, 1.54) is 25.5 Å². The van der Waals surface area contributed by atoms with Crippen molar-refractivity contribution >= 4 is 23.1 Å². The summed E-state index contributed by atoms with van der Waals surface area (Å²) in [7, 11) is 0. The van der Waals surface area contributed by atoms with E-state index in [0.29, 0.717) is 11.3 Å². The van der Waals surface area contributed by atoms with Gasteiger partial charge in [0.1, 0.15) is 0 Å². The van der Waals surface area contributed by atoms with Gasteiger partial charge in [0.2, 0.25) is 5.95 Å². The highest BCUT2D eigenvalue weighted by atomic mass is 16.1. The van der Waals surface area contributed by atoms with Crippen LogP contribution in [0.3, 0.4) is 0 Å². The quantitative estimate of drug-likeness (QED) is 0.707. The molecule has 3 aromatic heterocycles. The first kappa shape index (κ1) is 18.2. The summed E-state index contributed by atoms with van der Waals surface area (Å²) in [5.41, 5.74) is 9.23. The lowest BCUT2D eigenvalue weighted by Crippen LogP contribution is -2.30. The van der Waals surface area contributed by atoms with Gasteiger partial charge in [-0.15, -0.1) is 0 Å². The van der Waals surface area contributed by atoms with E-state index in [1.807, 2.05) is 38.5 Å². The van der Waals surface area contributed by atoms with E-state index >= 15 is 0 Å². The van der Waals surface area contributed by atoms with Crippen molar-refractivity contribution < 1.29 is 4.79 Å². The van der Waals surface area contributed by atoms with Gasteiger partial charge in [-0.2, -0.15) is 5.10 Å². The fourth-order valence-corrected chi connectivity index (χ4v) is 3.57. The van der Waals surface area contributed by atoms with Gasteiger partial charge in [-0.3, -0.25) is 4.79 Å². The highest BCUT2D eigenvalue weighted by molar-refractivity contribution is 6.02. The van der Waals surface area contributed by atoms with Crippen LogP contribution < -0.4 is 16.0 Å². The van der Waals surface area contributed by atoms with Crippen LogP contribution in [-0.4, -0.2) is 44.6 Å². The number of nitrogens with zero attached hydrogens (tertiary/aromatic N) is 5. The Bertz CT molecular complexity index is 988. The molecule has 0 bridgehead atoms. The summed E-state index contributed by atoms with van der Waals surface area (Å²) in [6.45, 7) is 6.05. The molecule has 8 heteroatoms. The predicted octanol–water partition coefficient (Wildman–Crippen LogP) is 2.70. The number of hydrogen-bond donors (Lipinski definition) is 2. The molecule has 4 rings (SSSR count). The van der Waals surface area contributed by atoms with Crippen LogP contribution in [0.25, 0.3) is 16.6 Å². The molecular formula is C20H25N7O. The highest BCUT2D eigenvalue weighted by Gasteiger charge is 2.17. The molecule has 4 heterocycles. The molecule has 0 unspecified atom stereocenters. The molecule has 28 heavy (non-hydrogen) atoms. The number of carbonyl (C=O) groups is 1. The van der Waals surface area contributed by atoms with E-state index in [2.05, 4.69) is 25.3 Å². The molecule has 0 saturated carbocycles. The van der Waals surface area contributed by atoms with Crippen molar-refractivity contribution in [2.75, 3.05) is 23.3 Å². The highest BCUT2D eigenvalue weighted by Crippen LogP contribution is 2.29. The minimum Gasteiger partial charge on any atom is -0.380 e. The molecule has 1 fully saturated rings. The molecule has 146 valence electrons. The Labute approximate surface area is 163 Å². The van der Waals surface area contributed by atoms with Crippen molar-refractivity contribution in [2.45, 2.75) is 39.2 Å². The average molecular weight is 379 g/mol. The molecule has 0 atom stereocenters. The van der Waals surface area contributed by atoms with E-state index < -0.39 is 5.91 Å². The molecule has 1 aliphatic heterocycles. The number of primary amides is 1. The second kappa shape index (κ2) is 7.46. The molecule has 0 aromatic carbocycles. The average Bonchev–Trinajstić information content (AvgIpc) is 3.13. The second-order valence-electron chi connectivity index (χ2n) is 7.47. The number of carbonyl (C=O) groups excluding carboxylic acids is 1. The lowest BCUT2D eigenvalue weighted by molar-refractivity contribution is 0.100. The number of rotatable bonds is 5. The van der Waals surface area contributed by atoms with Crippen molar-refractivity contribution in [3.05, 3.63) is 36.4 Å². The molecule has 8 nitrogen and oxygen atoms in total.